The first-order chi connectivity index (χ1) is 17.1. The summed E-state index contributed by atoms with van der Waals surface area (Å²) in [5.41, 5.74) is 4.24. The molecule has 6 nitrogen and oxygen atoms in total. The molecule has 1 amide bonds. The second-order valence-electron chi connectivity index (χ2n) is 10.7. The molecule has 0 bridgehead atoms. The number of benzene rings is 3. The Labute approximate surface area is 210 Å². The first-order valence-electron chi connectivity index (χ1n) is 12.3. The van der Waals surface area contributed by atoms with E-state index in [1.54, 1.807) is 7.11 Å². The van der Waals surface area contributed by atoms with Crippen LogP contribution >= 0.6 is 0 Å². The number of aromatic nitrogens is 1. The van der Waals surface area contributed by atoms with Crippen LogP contribution in [0.25, 0.3) is 32.8 Å². The lowest BCUT2D eigenvalue weighted by atomic mass is 9.90. The average Bonchev–Trinajstić information content (AvgIpc) is 3.64. The third kappa shape index (κ3) is 4.32. The Morgan fingerprint density at radius 2 is 1.72 bits per heavy atom. The zero-order chi connectivity index (χ0) is 25.7. The Morgan fingerprint density at radius 3 is 2.33 bits per heavy atom. The molecule has 1 heterocycles. The van der Waals surface area contributed by atoms with Gasteiger partial charge in [0.05, 0.1) is 12.6 Å². The van der Waals surface area contributed by atoms with Crippen molar-refractivity contribution in [2.45, 2.75) is 51.6 Å². The third-order valence-electron chi connectivity index (χ3n) is 7.00. The van der Waals surface area contributed by atoms with E-state index >= 15 is 0 Å². The first-order valence-corrected chi connectivity index (χ1v) is 12.3. The molecular weight excluding hydrogens is 452 g/mol. The van der Waals surface area contributed by atoms with Gasteiger partial charge in [-0.3, -0.25) is 4.79 Å². The van der Waals surface area contributed by atoms with E-state index in [0.29, 0.717) is 11.9 Å². The van der Waals surface area contributed by atoms with Gasteiger partial charge < -0.3 is 19.8 Å². The number of amides is 1. The number of hydrogen-bond acceptors (Lipinski definition) is 4. The molecule has 5 rings (SSSR count). The number of hydrogen-bond donors (Lipinski definition) is 2. The summed E-state index contributed by atoms with van der Waals surface area (Å²) in [6.07, 6.45) is 1.65. The minimum atomic E-state index is -0.521. The maximum absolute atomic E-state index is 12.8. The monoisotopic (exact) mass is 484 g/mol. The summed E-state index contributed by atoms with van der Waals surface area (Å²) in [6, 6.07) is 18.1. The predicted octanol–water partition coefficient (Wildman–Crippen LogP) is 6.22. The molecule has 186 valence electrons. The van der Waals surface area contributed by atoms with E-state index in [1.165, 1.54) is 5.56 Å². The molecule has 1 aliphatic rings. The van der Waals surface area contributed by atoms with Crippen LogP contribution in [0.4, 0.5) is 4.79 Å². The fourth-order valence-corrected chi connectivity index (χ4v) is 5.01. The lowest BCUT2D eigenvalue weighted by molar-refractivity contribution is 0.0522. The molecule has 1 fully saturated rings. The Bertz CT molecular complexity index is 1520. The van der Waals surface area contributed by atoms with E-state index < -0.39 is 5.60 Å². The molecular formula is C30H32N2O4. The minimum absolute atomic E-state index is 0.0627. The number of alkyl carbamates (subject to hydrolysis) is 1. The zero-order valence-corrected chi connectivity index (χ0v) is 21.5. The van der Waals surface area contributed by atoms with E-state index in [4.69, 9.17) is 9.47 Å². The summed E-state index contributed by atoms with van der Waals surface area (Å²) in [6.45, 7) is 8.11. The van der Waals surface area contributed by atoms with Gasteiger partial charge in [-0.15, -0.1) is 0 Å². The number of rotatable bonds is 5. The molecule has 3 aromatic carbocycles. The zero-order valence-electron chi connectivity index (χ0n) is 21.5. The Balaban J connectivity index is 1.55. The number of nitrogens with one attached hydrogen (secondary N) is 2. The van der Waals surface area contributed by atoms with Crippen LogP contribution in [-0.2, 0) is 10.2 Å². The molecule has 0 aliphatic heterocycles. The maximum Gasteiger partial charge on any atom is 0.407 e. The normalized spacial score (nSPS) is 14.6. The third-order valence-corrected chi connectivity index (χ3v) is 7.00. The second-order valence-corrected chi connectivity index (χ2v) is 10.7. The van der Waals surface area contributed by atoms with Gasteiger partial charge in [-0.25, -0.2) is 4.79 Å². The van der Waals surface area contributed by atoms with Crippen molar-refractivity contribution in [2.24, 2.45) is 0 Å². The Morgan fingerprint density at radius 1 is 1.06 bits per heavy atom. The number of carbonyl (C=O) groups is 1. The van der Waals surface area contributed by atoms with Crippen molar-refractivity contribution in [3.63, 3.8) is 0 Å². The summed E-state index contributed by atoms with van der Waals surface area (Å²) < 4.78 is 11.2. The largest absolute Gasteiger partial charge is 0.496 e. The van der Waals surface area contributed by atoms with Gasteiger partial charge in [0.25, 0.3) is 5.56 Å². The van der Waals surface area contributed by atoms with E-state index in [-0.39, 0.29) is 17.1 Å². The van der Waals surface area contributed by atoms with Crippen molar-refractivity contribution in [3.05, 3.63) is 76.1 Å². The smallest absolute Gasteiger partial charge is 0.407 e. The van der Waals surface area contributed by atoms with E-state index in [0.717, 1.165) is 51.6 Å². The van der Waals surface area contributed by atoms with E-state index in [1.807, 2.05) is 58.0 Å². The predicted molar refractivity (Wildman–Crippen MR) is 144 cm³/mol. The second kappa shape index (κ2) is 8.70. The van der Waals surface area contributed by atoms with Crippen molar-refractivity contribution in [1.82, 2.24) is 10.3 Å². The molecule has 1 aromatic heterocycles. The molecule has 0 spiro atoms. The van der Waals surface area contributed by atoms with Gasteiger partial charge in [0.15, 0.2) is 0 Å². The van der Waals surface area contributed by atoms with Gasteiger partial charge in [-0.05, 0) is 74.7 Å². The molecule has 0 unspecified atom stereocenters. The highest BCUT2D eigenvalue weighted by Gasteiger charge is 2.44. The average molecular weight is 485 g/mol. The number of ether oxygens (including phenoxy) is 2. The van der Waals surface area contributed by atoms with Gasteiger partial charge >= 0.3 is 6.09 Å². The molecule has 0 atom stereocenters. The van der Waals surface area contributed by atoms with Crippen LogP contribution in [0.3, 0.4) is 0 Å². The van der Waals surface area contributed by atoms with Crippen molar-refractivity contribution in [2.75, 3.05) is 13.7 Å². The highest BCUT2D eigenvalue weighted by molar-refractivity contribution is 6.14. The lowest BCUT2D eigenvalue weighted by Crippen LogP contribution is -2.37. The molecule has 0 radical (unpaired) electrons. The van der Waals surface area contributed by atoms with E-state index in [2.05, 4.69) is 34.6 Å². The van der Waals surface area contributed by atoms with Crippen molar-refractivity contribution >= 4 is 27.8 Å². The Hall–Kier alpha value is -3.80. The van der Waals surface area contributed by atoms with Gasteiger partial charge in [0.1, 0.15) is 11.4 Å². The molecule has 1 saturated carbocycles. The molecule has 1 aliphatic carbocycles. The van der Waals surface area contributed by atoms with Crippen LogP contribution in [0, 0.1) is 6.92 Å². The quantitative estimate of drug-likeness (QED) is 0.330. The minimum Gasteiger partial charge on any atom is -0.496 e. The summed E-state index contributed by atoms with van der Waals surface area (Å²) in [7, 11) is 1.67. The fourth-order valence-electron chi connectivity index (χ4n) is 5.01. The van der Waals surface area contributed by atoms with Gasteiger partial charge in [0, 0.05) is 28.3 Å². The molecule has 36 heavy (non-hydrogen) atoms. The Kier molecular flexibility index (Phi) is 5.78. The number of H-pyrrole nitrogens is 1. The summed E-state index contributed by atoms with van der Waals surface area (Å²) in [5, 5.41) is 5.47. The topological polar surface area (TPSA) is 80.4 Å². The summed E-state index contributed by atoms with van der Waals surface area (Å²) in [4.78, 5) is 28.0. The summed E-state index contributed by atoms with van der Waals surface area (Å²) in [5.74, 6) is 0.762. The highest BCUT2D eigenvalue weighted by atomic mass is 16.6. The molecule has 6 heteroatoms. The van der Waals surface area contributed by atoms with E-state index in [9.17, 15) is 9.59 Å². The van der Waals surface area contributed by atoms with Crippen LogP contribution in [-0.4, -0.2) is 30.3 Å². The lowest BCUT2D eigenvalue weighted by Gasteiger charge is -2.22. The molecule has 2 N–H and O–H groups in total. The van der Waals surface area contributed by atoms with Gasteiger partial charge in [-0.2, -0.15) is 0 Å². The van der Waals surface area contributed by atoms with Crippen LogP contribution in [0.2, 0.25) is 0 Å². The fraction of sp³-hybridized carbons (Fsp3) is 0.333. The first kappa shape index (κ1) is 23.9. The molecule has 4 aromatic rings. The van der Waals surface area contributed by atoms with Crippen LogP contribution in [0.1, 0.15) is 44.7 Å². The number of carbonyl (C=O) groups excluding carboxylic acids is 1. The van der Waals surface area contributed by atoms with Gasteiger partial charge in [-0.1, -0.05) is 42.5 Å². The van der Waals surface area contributed by atoms with Crippen molar-refractivity contribution in [3.8, 4) is 16.9 Å². The standard InChI is InChI=1S/C30H32N2O4/c1-18-16-23(35-5)24(25-21-8-6-7-9-22(21)27(33)32-26(18)25)19-10-12-20(13-11-19)30(14-15-30)17-31-28(34)36-29(2,3)4/h6-13,16H,14-15,17H2,1-5H3,(H,31,34)(H,32,33). The SMILES string of the molecule is COc1cc(C)c2[nH]c(=O)c3ccccc3c2c1-c1ccc(C2(CNC(=O)OC(C)(C)C)CC2)cc1. The molecule has 0 saturated heterocycles. The maximum atomic E-state index is 12.8. The number of methoxy groups -OCH3 is 1. The van der Waals surface area contributed by atoms with Crippen LogP contribution < -0.4 is 15.6 Å². The van der Waals surface area contributed by atoms with Gasteiger partial charge in [0.2, 0.25) is 0 Å². The summed E-state index contributed by atoms with van der Waals surface area (Å²) >= 11 is 0. The number of fused-ring (bicyclic) bond motifs is 3. The number of pyridine rings is 1. The van der Waals surface area contributed by atoms with Crippen molar-refractivity contribution in [1.29, 1.82) is 0 Å². The van der Waals surface area contributed by atoms with Crippen LogP contribution in [0.5, 0.6) is 5.75 Å². The van der Waals surface area contributed by atoms with Crippen LogP contribution in [0.15, 0.2) is 59.4 Å². The van der Waals surface area contributed by atoms with Crippen molar-refractivity contribution < 1.29 is 14.3 Å². The highest BCUT2D eigenvalue weighted by Crippen LogP contribution is 2.48. The number of aromatic amines is 1. The number of aryl methyl sites for hydroxylation is 1.